The van der Waals surface area contributed by atoms with Gasteiger partial charge in [-0.3, -0.25) is 4.79 Å². The van der Waals surface area contributed by atoms with Crippen LogP contribution < -0.4 is 5.73 Å². The van der Waals surface area contributed by atoms with Gasteiger partial charge in [-0.25, -0.2) is 4.89 Å². The lowest BCUT2D eigenvalue weighted by Crippen LogP contribution is -2.25. The normalized spacial score (nSPS) is 28.2. The highest BCUT2D eigenvalue weighted by molar-refractivity contribution is 7.96. The number of rotatable bonds is 1. The quantitative estimate of drug-likeness (QED) is 0.387. The van der Waals surface area contributed by atoms with Gasteiger partial charge in [0, 0.05) is 12.0 Å². The van der Waals surface area contributed by atoms with Crippen LogP contribution in [0.15, 0.2) is 0 Å². The van der Waals surface area contributed by atoms with E-state index in [4.69, 9.17) is 5.73 Å². The maximum absolute atomic E-state index is 10.2. The van der Waals surface area contributed by atoms with Gasteiger partial charge in [-0.15, -0.1) is 0 Å². The Kier molecular flexibility index (Phi) is 1.72. The van der Waals surface area contributed by atoms with E-state index in [9.17, 15) is 4.79 Å². The summed E-state index contributed by atoms with van der Waals surface area (Å²) in [4.78, 5) is 14.6. The fourth-order valence-corrected chi connectivity index (χ4v) is 0.734. The van der Waals surface area contributed by atoms with E-state index >= 15 is 0 Å². The number of carbonyl (C=O) groups is 1. The van der Waals surface area contributed by atoms with E-state index in [2.05, 4.69) is 9.22 Å². The highest BCUT2D eigenvalue weighted by Crippen LogP contribution is 2.19. The second-order valence-electron chi connectivity index (χ2n) is 1.34. The SMILES string of the molecule is NC(=O)C1COOS1. The van der Waals surface area contributed by atoms with Crippen LogP contribution in [0.25, 0.3) is 0 Å². The number of carbonyl (C=O) groups excluding carboxylic acids is 1. The van der Waals surface area contributed by atoms with Crippen molar-refractivity contribution < 1.29 is 14.0 Å². The van der Waals surface area contributed by atoms with Crippen molar-refractivity contribution in [3.63, 3.8) is 0 Å². The zero-order valence-electron chi connectivity index (χ0n) is 3.99. The highest BCUT2D eigenvalue weighted by atomic mass is 32.2. The van der Waals surface area contributed by atoms with Gasteiger partial charge in [0.15, 0.2) is 0 Å². The number of hydrogen-bond donors (Lipinski definition) is 1. The Hall–Kier alpha value is -0.260. The fraction of sp³-hybridized carbons (Fsp3) is 0.667. The van der Waals surface area contributed by atoms with Crippen molar-refractivity contribution >= 4 is 17.9 Å². The molecule has 5 heteroatoms. The van der Waals surface area contributed by atoms with Crippen LogP contribution in [-0.4, -0.2) is 17.8 Å². The maximum atomic E-state index is 10.2. The lowest BCUT2D eigenvalue weighted by molar-refractivity contribution is -0.171. The summed E-state index contributed by atoms with van der Waals surface area (Å²) in [5, 5.41) is -0.324. The minimum absolute atomic E-state index is 0.264. The van der Waals surface area contributed by atoms with Gasteiger partial charge < -0.3 is 5.73 Å². The molecule has 1 saturated heterocycles. The first kappa shape index (κ1) is 5.87. The number of nitrogens with two attached hydrogens (primary N) is 1. The predicted octanol–water partition coefficient (Wildman–Crippen LogP) is -0.550. The Labute approximate surface area is 50.5 Å². The van der Waals surface area contributed by atoms with Gasteiger partial charge in [0.2, 0.25) is 5.91 Å². The molecule has 1 rings (SSSR count). The Morgan fingerprint density at radius 1 is 1.88 bits per heavy atom. The largest absolute Gasteiger partial charge is 0.369 e. The van der Waals surface area contributed by atoms with Crippen LogP contribution in [0, 0.1) is 0 Å². The summed E-state index contributed by atoms with van der Waals surface area (Å²) in [5.41, 5.74) is 4.88. The number of primary amides is 1. The van der Waals surface area contributed by atoms with Crippen LogP contribution in [0.5, 0.6) is 0 Å². The first-order valence-electron chi connectivity index (χ1n) is 2.05. The molecule has 46 valence electrons. The van der Waals surface area contributed by atoms with E-state index < -0.39 is 5.91 Å². The molecule has 1 heterocycles. The molecule has 0 aromatic carbocycles. The van der Waals surface area contributed by atoms with Gasteiger partial charge >= 0.3 is 0 Å². The third-order valence-electron chi connectivity index (χ3n) is 0.740. The second-order valence-corrected chi connectivity index (χ2v) is 2.24. The Bertz CT molecular complexity index is 101. The van der Waals surface area contributed by atoms with Gasteiger partial charge in [-0.05, 0) is 0 Å². The van der Waals surface area contributed by atoms with Crippen molar-refractivity contribution in [2.75, 3.05) is 6.61 Å². The average molecular weight is 135 g/mol. The maximum Gasteiger partial charge on any atom is 0.235 e. The zero-order valence-corrected chi connectivity index (χ0v) is 4.81. The molecule has 0 aromatic heterocycles. The molecule has 4 nitrogen and oxygen atoms in total. The third-order valence-corrected chi connectivity index (χ3v) is 1.52. The lowest BCUT2D eigenvalue weighted by atomic mass is 10.4. The molecule has 0 aromatic rings. The van der Waals surface area contributed by atoms with Gasteiger partial charge in [0.1, 0.15) is 11.9 Å². The predicted molar refractivity (Wildman–Crippen MR) is 27.6 cm³/mol. The number of hydrogen-bond acceptors (Lipinski definition) is 4. The van der Waals surface area contributed by atoms with E-state index in [1.807, 2.05) is 0 Å². The summed E-state index contributed by atoms with van der Waals surface area (Å²) >= 11 is 0.954. The van der Waals surface area contributed by atoms with Crippen molar-refractivity contribution in [3.05, 3.63) is 0 Å². The van der Waals surface area contributed by atoms with Crippen molar-refractivity contribution in [2.24, 2.45) is 5.73 Å². The second kappa shape index (κ2) is 2.34. The summed E-state index contributed by atoms with van der Waals surface area (Å²) in [6.07, 6.45) is 0. The summed E-state index contributed by atoms with van der Waals surface area (Å²) in [5.74, 6) is -0.396. The molecule has 1 aliphatic rings. The van der Waals surface area contributed by atoms with Crippen LogP contribution in [0.1, 0.15) is 0 Å². The fourth-order valence-electron chi connectivity index (χ4n) is 0.322. The van der Waals surface area contributed by atoms with E-state index in [0.717, 1.165) is 12.0 Å². The summed E-state index contributed by atoms with van der Waals surface area (Å²) in [7, 11) is 0. The van der Waals surface area contributed by atoms with Gasteiger partial charge in [-0.2, -0.15) is 4.33 Å². The third kappa shape index (κ3) is 1.12. The molecule has 1 aliphatic heterocycles. The smallest absolute Gasteiger partial charge is 0.235 e. The monoisotopic (exact) mass is 135 g/mol. The molecule has 1 atom stereocenters. The van der Waals surface area contributed by atoms with E-state index in [1.54, 1.807) is 0 Å². The molecular weight excluding hydrogens is 130 g/mol. The van der Waals surface area contributed by atoms with Crippen LogP contribution in [-0.2, 0) is 14.0 Å². The van der Waals surface area contributed by atoms with E-state index in [0.29, 0.717) is 0 Å². The first-order chi connectivity index (χ1) is 3.80. The minimum Gasteiger partial charge on any atom is -0.369 e. The van der Waals surface area contributed by atoms with Crippen LogP contribution in [0.3, 0.4) is 0 Å². The van der Waals surface area contributed by atoms with E-state index in [-0.39, 0.29) is 11.9 Å². The summed E-state index contributed by atoms with van der Waals surface area (Å²) in [6, 6.07) is 0. The molecule has 1 fully saturated rings. The Morgan fingerprint density at radius 3 is 2.88 bits per heavy atom. The standard InChI is InChI=1S/C3H5NO3S/c4-3(5)2-1-6-7-8-2/h2H,1H2,(H2,4,5). The van der Waals surface area contributed by atoms with Gasteiger partial charge in [0.05, 0.1) is 0 Å². The number of amides is 1. The molecule has 8 heavy (non-hydrogen) atoms. The van der Waals surface area contributed by atoms with Crippen LogP contribution >= 0.6 is 12.0 Å². The molecular formula is C3H5NO3S. The van der Waals surface area contributed by atoms with E-state index in [1.165, 1.54) is 0 Å². The molecule has 1 amide bonds. The molecule has 0 aliphatic carbocycles. The highest BCUT2D eigenvalue weighted by Gasteiger charge is 2.23. The molecule has 0 radical (unpaired) electrons. The van der Waals surface area contributed by atoms with Crippen molar-refractivity contribution in [1.82, 2.24) is 0 Å². The molecule has 0 bridgehead atoms. The summed E-state index contributed by atoms with van der Waals surface area (Å²) in [6.45, 7) is 0.264. The minimum atomic E-state index is -0.396. The zero-order chi connectivity index (χ0) is 5.98. The molecule has 0 saturated carbocycles. The molecule has 1 unspecified atom stereocenters. The Morgan fingerprint density at radius 2 is 2.62 bits per heavy atom. The van der Waals surface area contributed by atoms with Crippen LogP contribution in [0.4, 0.5) is 0 Å². The first-order valence-corrected chi connectivity index (χ1v) is 2.85. The van der Waals surface area contributed by atoms with Gasteiger partial charge in [-0.1, -0.05) is 0 Å². The molecule has 0 spiro atoms. The topological polar surface area (TPSA) is 61.6 Å². The average Bonchev–Trinajstić information content (AvgIpc) is 2.12. The van der Waals surface area contributed by atoms with Crippen molar-refractivity contribution in [1.29, 1.82) is 0 Å². The lowest BCUT2D eigenvalue weighted by Gasteiger charge is -1.92. The molecule has 2 N–H and O–H groups in total. The van der Waals surface area contributed by atoms with Crippen molar-refractivity contribution in [2.45, 2.75) is 5.25 Å². The van der Waals surface area contributed by atoms with Crippen molar-refractivity contribution in [3.8, 4) is 0 Å². The Balaban J connectivity index is 2.35. The summed E-state index contributed by atoms with van der Waals surface area (Å²) < 4.78 is 4.33. The van der Waals surface area contributed by atoms with Crippen LogP contribution in [0.2, 0.25) is 0 Å². The van der Waals surface area contributed by atoms with Gasteiger partial charge in [0.25, 0.3) is 0 Å².